The molecule has 6 heteroatoms. The normalized spacial score (nSPS) is 17.3. The third-order valence-electron chi connectivity index (χ3n) is 4.80. The fraction of sp³-hybridized carbons (Fsp3) is 0.667. The molecule has 1 unspecified atom stereocenters. The maximum atomic E-state index is 12.1. The summed E-state index contributed by atoms with van der Waals surface area (Å²) >= 11 is 0. The third-order valence-corrected chi connectivity index (χ3v) is 4.80. The number of amides is 2. The van der Waals surface area contributed by atoms with E-state index in [1.54, 1.807) is 0 Å². The van der Waals surface area contributed by atoms with Crippen molar-refractivity contribution in [2.75, 3.05) is 20.6 Å². The average molecular weight is 334 g/mol. The van der Waals surface area contributed by atoms with Crippen molar-refractivity contribution >= 4 is 11.8 Å². The van der Waals surface area contributed by atoms with Crippen molar-refractivity contribution in [2.24, 2.45) is 7.05 Å². The number of aromatic nitrogens is 1. The number of likely N-dealkylation sites (N-methyl/N-ethyl adjacent to an activating group) is 1. The number of nitrogens with one attached hydrogen (secondary N) is 2. The van der Waals surface area contributed by atoms with Crippen molar-refractivity contribution in [3.8, 4) is 0 Å². The second kappa shape index (κ2) is 8.87. The van der Waals surface area contributed by atoms with Crippen molar-refractivity contribution in [3.63, 3.8) is 0 Å². The zero-order valence-electron chi connectivity index (χ0n) is 15.0. The van der Waals surface area contributed by atoms with Crippen LogP contribution < -0.4 is 10.6 Å². The van der Waals surface area contributed by atoms with Gasteiger partial charge in [-0.1, -0.05) is 25.7 Å². The highest BCUT2D eigenvalue weighted by molar-refractivity contribution is 6.35. The van der Waals surface area contributed by atoms with Gasteiger partial charge in [0.15, 0.2) is 0 Å². The number of aryl methyl sites for hydroxylation is 1. The van der Waals surface area contributed by atoms with Gasteiger partial charge in [0.25, 0.3) is 0 Å². The van der Waals surface area contributed by atoms with Gasteiger partial charge < -0.3 is 15.2 Å². The Hall–Kier alpha value is -1.82. The molecule has 24 heavy (non-hydrogen) atoms. The molecule has 134 valence electrons. The van der Waals surface area contributed by atoms with Gasteiger partial charge in [0.2, 0.25) is 0 Å². The molecule has 1 saturated carbocycles. The first kappa shape index (κ1) is 18.5. The van der Waals surface area contributed by atoms with Crippen molar-refractivity contribution in [2.45, 2.75) is 50.6 Å². The van der Waals surface area contributed by atoms with E-state index in [2.05, 4.69) is 10.6 Å². The van der Waals surface area contributed by atoms with E-state index in [0.717, 1.165) is 31.4 Å². The number of carbonyl (C=O) groups is 2. The third kappa shape index (κ3) is 5.09. The molecule has 0 radical (unpaired) electrons. The van der Waals surface area contributed by atoms with Gasteiger partial charge >= 0.3 is 11.8 Å². The van der Waals surface area contributed by atoms with Crippen LogP contribution >= 0.6 is 0 Å². The molecule has 1 aromatic heterocycles. The van der Waals surface area contributed by atoms with Crippen LogP contribution in [-0.2, 0) is 16.6 Å². The number of nitrogens with zero attached hydrogens (tertiary/aromatic N) is 2. The van der Waals surface area contributed by atoms with Gasteiger partial charge in [-0.3, -0.25) is 14.5 Å². The monoisotopic (exact) mass is 334 g/mol. The van der Waals surface area contributed by atoms with Gasteiger partial charge in [0.05, 0.1) is 6.04 Å². The first-order valence-corrected chi connectivity index (χ1v) is 8.85. The Bertz CT molecular complexity index is 545. The smallest absolute Gasteiger partial charge is 0.309 e. The summed E-state index contributed by atoms with van der Waals surface area (Å²) in [4.78, 5) is 26.3. The molecule has 1 aliphatic rings. The van der Waals surface area contributed by atoms with E-state index in [4.69, 9.17) is 0 Å². The van der Waals surface area contributed by atoms with E-state index >= 15 is 0 Å². The molecule has 2 N–H and O–H groups in total. The van der Waals surface area contributed by atoms with Crippen LogP contribution in [0, 0.1) is 0 Å². The zero-order valence-corrected chi connectivity index (χ0v) is 15.0. The van der Waals surface area contributed by atoms with E-state index in [0.29, 0.717) is 6.54 Å². The maximum absolute atomic E-state index is 12.1. The molecule has 1 heterocycles. The van der Waals surface area contributed by atoms with E-state index in [9.17, 15) is 9.59 Å². The van der Waals surface area contributed by atoms with Crippen LogP contribution in [0.25, 0.3) is 0 Å². The Morgan fingerprint density at radius 2 is 1.88 bits per heavy atom. The molecule has 1 aromatic rings. The van der Waals surface area contributed by atoms with Crippen molar-refractivity contribution in [1.29, 1.82) is 0 Å². The van der Waals surface area contributed by atoms with Gasteiger partial charge in [0.1, 0.15) is 0 Å². The molecule has 1 atom stereocenters. The van der Waals surface area contributed by atoms with Crippen molar-refractivity contribution in [3.05, 3.63) is 24.0 Å². The molecule has 2 amide bonds. The number of carbonyl (C=O) groups excluding carboxylic acids is 2. The standard InChI is InChI=1S/C18H30N4O2/c1-21(2)16(15-11-8-12-22(15)3)13-19-17(23)18(24)20-14-9-6-4-5-7-10-14/h8,11-12,14,16H,4-7,9-10,13H2,1-3H3,(H,19,23)(H,20,24). The van der Waals surface area contributed by atoms with E-state index in [1.807, 2.05) is 48.9 Å². The molecule has 2 rings (SSSR count). The SMILES string of the molecule is CN(C)C(CNC(=O)C(=O)NC1CCCCCC1)c1cccn1C. The molecule has 0 aromatic carbocycles. The minimum atomic E-state index is -0.541. The highest BCUT2D eigenvalue weighted by Crippen LogP contribution is 2.18. The first-order valence-electron chi connectivity index (χ1n) is 8.85. The number of rotatable bonds is 5. The largest absolute Gasteiger partial charge is 0.353 e. The lowest BCUT2D eigenvalue weighted by atomic mass is 10.1. The molecule has 0 saturated heterocycles. The Kier molecular flexibility index (Phi) is 6.85. The lowest BCUT2D eigenvalue weighted by Gasteiger charge is -2.25. The summed E-state index contributed by atoms with van der Waals surface area (Å²) in [5.41, 5.74) is 1.10. The minimum absolute atomic E-state index is 0.0274. The van der Waals surface area contributed by atoms with Crippen molar-refractivity contribution < 1.29 is 9.59 Å². The zero-order chi connectivity index (χ0) is 17.5. The maximum Gasteiger partial charge on any atom is 0.309 e. The van der Waals surface area contributed by atoms with Crippen LogP contribution in [0.4, 0.5) is 0 Å². The summed E-state index contributed by atoms with van der Waals surface area (Å²) < 4.78 is 2.03. The number of hydrogen-bond acceptors (Lipinski definition) is 3. The van der Waals surface area contributed by atoms with E-state index in [-0.39, 0.29) is 12.1 Å². The van der Waals surface area contributed by atoms with Gasteiger partial charge in [-0.2, -0.15) is 0 Å². The summed E-state index contributed by atoms with van der Waals surface area (Å²) in [6.45, 7) is 0.405. The Labute approximate surface area is 144 Å². The quantitative estimate of drug-likeness (QED) is 0.635. The Morgan fingerprint density at radius 1 is 1.21 bits per heavy atom. The summed E-state index contributed by atoms with van der Waals surface area (Å²) in [5.74, 6) is -1.05. The van der Waals surface area contributed by atoms with Crippen LogP contribution in [0.1, 0.15) is 50.3 Å². The predicted octanol–water partition coefficient (Wildman–Crippen LogP) is 1.58. The van der Waals surface area contributed by atoms with Crippen LogP contribution in [0.15, 0.2) is 18.3 Å². The summed E-state index contributed by atoms with van der Waals surface area (Å²) in [7, 11) is 5.91. The fourth-order valence-electron chi connectivity index (χ4n) is 3.32. The fourth-order valence-corrected chi connectivity index (χ4v) is 3.32. The predicted molar refractivity (Wildman–Crippen MR) is 94.5 cm³/mol. The summed E-state index contributed by atoms with van der Waals surface area (Å²) in [5, 5.41) is 5.67. The van der Waals surface area contributed by atoms with Gasteiger partial charge in [-0.05, 0) is 39.1 Å². The van der Waals surface area contributed by atoms with Crippen LogP contribution in [0.2, 0.25) is 0 Å². The summed E-state index contributed by atoms with van der Waals surface area (Å²) in [6, 6.07) is 4.18. The molecule has 0 bridgehead atoms. The van der Waals surface area contributed by atoms with E-state index in [1.165, 1.54) is 12.8 Å². The molecule has 1 aliphatic carbocycles. The second-order valence-electron chi connectivity index (χ2n) is 6.90. The summed E-state index contributed by atoms with van der Waals surface area (Å²) in [6.07, 6.45) is 8.63. The van der Waals surface area contributed by atoms with Gasteiger partial charge in [-0.25, -0.2) is 0 Å². The number of hydrogen-bond donors (Lipinski definition) is 2. The van der Waals surface area contributed by atoms with Crippen LogP contribution in [-0.4, -0.2) is 48.0 Å². The van der Waals surface area contributed by atoms with Crippen LogP contribution in [0.5, 0.6) is 0 Å². The highest BCUT2D eigenvalue weighted by atomic mass is 16.2. The lowest BCUT2D eigenvalue weighted by Crippen LogP contribution is -2.46. The average Bonchev–Trinajstić information content (AvgIpc) is 2.80. The second-order valence-corrected chi connectivity index (χ2v) is 6.90. The molecular weight excluding hydrogens is 304 g/mol. The molecule has 0 spiro atoms. The molecule has 6 nitrogen and oxygen atoms in total. The first-order chi connectivity index (χ1) is 11.5. The van der Waals surface area contributed by atoms with Crippen molar-refractivity contribution in [1.82, 2.24) is 20.1 Å². The van der Waals surface area contributed by atoms with Gasteiger partial charge in [0, 0.05) is 31.5 Å². The molecule has 1 fully saturated rings. The Balaban J connectivity index is 1.86. The molecule has 0 aliphatic heterocycles. The molecular formula is C18H30N4O2. The lowest BCUT2D eigenvalue weighted by molar-refractivity contribution is -0.139. The topological polar surface area (TPSA) is 66.4 Å². The van der Waals surface area contributed by atoms with Crippen LogP contribution in [0.3, 0.4) is 0 Å². The van der Waals surface area contributed by atoms with E-state index < -0.39 is 11.8 Å². The highest BCUT2D eigenvalue weighted by Gasteiger charge is 2.22. The van der Waals surface area contributed by atoms with Gasteiger partial charge in [-0.15, -0.1) is 0 Å². The minimum Gasteiger partial charge on any atom is -0.353 e. The Morgan fingerprint density at radius 3 is 2.42 bits per heavy atom.